The Morgan fingerprint density at radius 3 is 2.68 bits per heavy atom. The number of carbonyl (C=O) groups excluding carboxylic acids is 1. The molecule has 3 unspecified atom stereocenters. The van der Waals surface area contributed by atoms with E-state index in [1.807, 2.05) is 29.2 Å². The molecule has 1 N–H and O–H groups in total. The first-order valence-electron chi connectivity index (χ1n) is 6.93. The molecule has 1 aromatic carbocycles. The Balaban J connectivity index is 1.70. The summed E-state index contributed by atoms with van der Waals surface area (Å²) in [5.74, 6) is 2.03. The highest BCUT2D eigenvalue weighted by atomic mass is 16.5. The lowest BCUT2D eigenvalue weighted by Crippen LogP contribution is -2.46. The van der Waals surface area contributed by atoms with Gasteiger partial charge in [-0.3, -0.25) is 4.79 Å². The summed E-state index contributed by atoms with van der Waals surface area (Å²) in [6, 6.07) is 7.75. The molecule has 102 valence electrons. The summed E-state index contributed by atoms with van der Waals surface area (Å²) in [4.78, 5) is 14.4. The van der Waals surface area contributed by atoms with E-state index in [0.717, 1.165) is 24.5 Å². The number of nitrogens with one attached hydrogen (secondary N) is 1. The van der Waals surface area contributed by atoms with Crippen molar-refractivity contribution in [1.82, 2.24) is 4.90 Å². The number of hydrogen-bond acceptors (Lipinski definition) is 3. The van der Waals surface area contributed by atoms with E-state index < -0.39 is 6.10 Å². The van der Waals surface area contributed by atoms with Gasteiger partial charge in [-0.2, -0.15) is 0 Å². The second kappa shape index (κ2) is 4.76. The molecule has 3 rings (SSSR count). The Morgan fingerprint density at radius 2 is 1.95 bits per heavy atom. The lowest BCUT2D eigenvalue weighted by atomic mass is 10.0. The SMILES string of the molecule is CC1CN(C(=O)C2CNc3ccccc3O2)CC1C. The Kier molecular flexibility index (Phi) is 3.09. The van der Waals surface area contributed by atoms with Gasteiger partial charge in [0.15, 0.2) is 6.10 Å². The van der Waals surface area contributed by atoms with Gasteiger partial charge >= 0.3 is 0 Å². The van der Waals surface area contributed by atoms with E-state index in [-0.39, 0.29) is 5.91 Å². The van der Waals surface area contributed by atoms with Crippen LogP contribution in [0.3, 0.4) is 0 Å². The highest BCUT2D eigenvalue weighted by molar-refractivity contribution is 5.83. The molecule has 0 aromatic heterocycles. The monoisotopic (exact) mass is 260 g/mol. The normalized spacial score (nSPS) is 29.4. The Bertz CT molecular complexity index is 479. The van der Waals surface area contributed by atoms with E-state index in [9.17, 15) is 4.79 Å². The molecule has 1 fully saturated rings. The smallest absolute Gasteiger partial charge is 0.265 e. The van der Waals surface area contributed by atoms with Crippen LogP contribution in [0.4, 0.5) is 5.69 Å². The third-order valence-electron chi connectivity index (χ3n) is 4.21. The highest BCUT2D eigenvalue weighted by Crippen LogP contribution is 2.30. The van der Waals surface area contributed by atoms with Crippen molar-refractivity contribution >= 4 is 11.6 Å². The molecule has 1 aromatic rings. The Hall–Kier alpha value is -1.71. The molecule has 3 atom stereocenters. The predicted octanol–water partition coefficient (Wildman–Crippen LogP) is 1.97. The van der Waals surface area contributed by atoms with Gasteiger partial charge in [-0.15, -0.1) is 0 Å². The first-order chi connectivity index (χ1) is 9.15. The number of likely N-dealkylation sites (tertiary alicyclic amines) is 1. The second-order valence-electron chi connectivity index (χ2n) is 5.68. The quantitative estimate of drug-likeness (QED) is 0.839. The van der Waals surface area contributed by atoms with Gasteiger partial charge in [0.1, 0.15) is 5.75 Å². The molecule has 1 saturated heterocycles. The van der Waals surface area contributed by atoms with Crippen LogP contribution in [0.25, 0.3) is 0 Å². The molecule has 0 radical (unpaired) electrons. The lowest BCUT2D eigenvalue weighted by Gasteiger charge is -2.29. The van der Waals surface area contributed by atoms with Crippen molar-refractivity contribution in [3.05, 3.63) is 24.3 Å². The minimum Gasteiger partial charge on any atom is -0.477 e. The maximum atomic E-state index is 12.5. The number of rotatable bonds is 1. The first-order valence-corrected chi connectivity index (χ1v) is 6.93. The fraction of sp³-hybridized carbons (Fsp3) is 0.533. The van der Waals surface area contributed by atoms with Gasteiger partial charge in [0, 0.05) is 13.1 Å². The molecule has 4 heteroatoms. The third kappa shape index (κ3) is 2.27. The molecule has 0 saturated carbocycles. The molecule has 2 aliphatic heterocycles. The van der Waals surface area contributed by atoms with E-state index in [1.165, 1.54) is 0 Å². The summed E-state index contributed by atoms with van der Waals surface area (Å²) < 4.78 is 5.82. The Morgan fingerprint density at radius 1 is 1.26 bits per heavy atom. The van der Waals surface area contributed by atoms with Crippen molar-refractivity contribution in [2.45, 2.75) is 20.0 Å². The van der Waals surface area contributed by atoms with Gasteiger partial charge < -0.3 is 15.0 Å². The molecule has 0 aliphatic carbocycles. The number of anilines is 1. The summed E-state index contributed by atoms with van der Waals surface area (Å²) in [5, 5.41) is 3.27. The zero-order valence-corrected chi connectivity index (χ0v) is 11.4. The molecular weight excluding hydrogens is 240 g/mol. The van der Waals surface area contributed by atoms with Gasteiger partial charge in [-0.05, 0) is 24.0 Å². The summed E-state index contributed by atoms with van der Waals surface area (Å²) in [5.41, 5.74) is 0.967. The van der Waals surface area contributed by atoms with E-state index in [1.54, 1.807) is 0 Å². The highest BCUT2D eigenvalue weighted by Gasteiger charge is 2.35. The zero-order chi connectivity index (χ0) is 13.4. The van der Waals surface area contributed by atoms with Crippen LogP contribution >= 0.6 is 0 Å². The topological polar surface area (TPSA) is 41.6 Å². The van der Waals surface area contributed by atoms with Crippen molar-refractivity contribution in [3.8, 4) is 5.75 Å². The molecule has 1 amide bonds. The summed E-state index contributed by atoms with van der Waals surface area (Å²) in [6.45, 7) is 6.65. The van der Waals surface area contributed by atoms with Gasteiger partial charge in [0.2, 0.25) is 0 Å². The van der Waals surface area contributed by atoms with Gasteiger partial charge in [-0.1, -0.05) is 26.0 Å². The molecule has 19 heavy (non-hydrogen) atoms. The lowest BCUT2D eigenvalue weighted by molar-refractivity contribution is -0.137. The van der Waals surface area contributed by atoms with Crippen molar-refractivity contribution in [1.29, 1.82) is 0 Å². The van der Waals surface area contributed by atoms with Crippen LogP contribution in [0, 0.1) is 11.8 Å². The van der Waals surface area contributed by atoms with Crippen molar-refractivity contribution < 1.29 is 9.53 Å². The van der Waals surface area contributed by atoms with Crippen molar-refractivity contribution in [2.24, 2.45) is 11.8 Å². The Labute approximate surface area is 113 Å². The number of para-hydroxylation sites is 2. The molecule has 2 aliphatic rings. The third-order valence-corrected chi connectivity index (χ3v) is 4.21. The predicted molar refractivity (Wildman–Crippen MR) is 74.3 cm³/mol. The van der Waals surface area contributed by atoms with E-state index in [0.29, 0.717) is 18.4 Å². The molecular formula is C15H20N2O2. The fourth-order valence-electron chi connectivity index (χ4n) is 2.76. The zero-order valence-electron chi connectivity index (χ0n) is 11.4. The van der Waals surface area contributed by atoms with E-state index in [2.05, 4.69) is 19.2 Å². The summed E-state index contributed by atoms with van der Waals surface area (Å²) in [7, 11) is 0. The van der Waals surface area contributed by atoms with Crippen LogP contribution in [0.1, 0.15) is 13.8 Å². The molecule has 0 bridgehead atoms. The van der Waals surface area contributed by atoms with Crippen LogP contribution in [-0.2, 0) is 4.79 Å². The van der Waals surface area contributed by atoms with Gasteiger partial charge in [-0.25, -0.2) is 0 Å². The average Bonchev–Trinajstić information content (AvgIpc) is 2.77. The summed E-state index contributed by atoms with van der Waals surface area (Å²) >= 11 is 0. The number of benzene rings is 1. The van der Waals surface area contributed by atoms with Gasteiger partial charge in [0.25, 0.3) is 5.91 Å². The van der Waals surface area contributed by atoms with E-state index in [4.69, 9.17) is 4.74 Å². The number of fused-ring (bicyclic) bond motifs is 1. The number of ether oxygens (including phenoxy) is 1. The van der Waals surface area contributed by atoms with Crippen LogP contribution in [0.5, 0.6) is 5.75 Å². The van der Waals surface area contributed by atoms with Crippen LogP contribution in [0.15, 0.2) is 24.3 Å². The van der Waals surface area contributed by atoms with Crippen LogP contribution in [0.2, 0.25) is 0 Å². The minimum absolute atomic E-state index is 0.109. The molecule has 2 heterocycles. The minimum atomic E-state index is -0.396. The van der Waals surface area contributed by atoms with E-state index >= 15 is 0 Å². The van der Waals surface area contributed by atoms with Crippen LogP contribution < -0.4 is 10.1 Å². The maximum Gasteiger partial charge on any atom is 0.265 e. The maximum absolute atomic E-state index is 12.5. The summed E-state index contributed by atoms with van der Waals surface area (Å²) in [6.07, 6.45) is -0.396. The first kappa shape index (κ1) is 12.3. The average molecular weight is 260 g/mol. The fourth-order valence-corrected chi connectivity index (χ4v) is 2.76. The van der Waals surface area contributed by atoms with Crippen molar-refractivity contribution in [3.63, 3.8) is 0 Å². The largest absolute Gasteiger partial charge is 0.477 e. The molecule has 0 spiro atoms. The second-order valence-corrected chi connectivity index (χ2v) is 5.68. The number of amides is 1. The number of nitrogens with zero attached hydrogens (tertiary/aromatic N) is 1. The van der Waals surface area contributed by atoms with Gasteiger partial charge in [0.05, 0.1) is 12.2 Å². The standard InChI is InChI=1S/C15H20N2O2/c1-10-8-17(9-11(10)2)15(18)14-7-16-12-5-3-4-6-13(12)19-14/h3-6,10-11,14,16H,7-9H2,1-2H3. The number of carbonyl (C=O) groups is 1. The van der Waals surface area contributed by atoms with Crippen molar-refractivity contribution in [2.75, 3.05) is 25.0 Å². The molecule has 4 nitrogen and oxygen atoms in total. The van der Waals surface area contributed by atoms with Crippen LogP contribution in [-0.4, -0.2) is 36.5 Å². The number of hydrogen-bond donors (Lipinski definition) is 1.